The van der Waals surface area contributed by atoms with Crippen molar-refractivity contribution >= 4 is 28.6 Å². The molecule has 0 fully saturated rings. The topological polar surface area (TPSA) is 105 Å². The van der Waals surface area contributed by atoms with Crippen LogP contribution < -0.4 is 15.4 Å². The number of fused-ring (bicyclic) bond motifs is 2. The molecule has 4 rings (SSSR count). The predicted molar refractivity (Wildman–Crippen MR) is 84.3 cm³/mol. The van der Waals surface area contributed by atoms with E-state index in [9.17, 15) is 4.79 Å². The van der Waals surface area contributed by atoms with Crippen LogP contribution in [0, 0.1) is 0 Å². The van der Waals surface area contributed by atoms with E-state index in [1.807, 2.05) is 25.1 Å². The number of hydrogen-bond acceptors (Lipinski definition) is 6. The molecule has 0 spiro atoms. The second kappa shape index (κ2) is 5.24. The Balaban J connectivity index is 1.62. The van der Waals surface area contributed by atoms with Gasteiger partial charge in [0.2, 0.25) is 0 Å². The molecule has 0 bridgehead atoms. The van der Waals surface area contributed by atoms with Gasteiger partial charge in [-0.3, -0.25) is 4.79 Å². The lowest BCUT2D eigenvalue weighted by Crippen LogP contribution is -2.25. The minimum Gasteiger partial charge on any atom is -0.482 e. The fraction of sp³-hybridized carbons (Fsp3) is 0.200. The molecule has 3 aromatic rings. The number of carbonyl (C=O) groups is 1. The Bertz CT molecular complexity index is 891. The highest BCUT2D eigenvalue weighted by atomic mass is 16.5. The Kier molecular flexibility index (Phi) is 3.07. The molecular formula is C15H14N6O2. The van der Waals surface area contributed by atoms with Gasteiger partial charge >= 0.3 is 0 Å². The number of benzene rings is 1. The van der Waals surface area contributed by atoms with Crippen molar-refractivity contribution in [3.8, 4) is 5.75 Å². The highest BCUT2D eigenvalue weighted by molar-refractivity contribution is 5.95. The summed E-state index contributed by atoms with van der Waals surface area (Å²) in [7, 11) is 0. The molecule has 0 radical (unpaired) electrons. The number of amides is 1. The molecule has 1 aliphatic rings. The van der Waals surface area contributed by atoms with E-state index in [4.69, 9.17) is 4.74 Å². The Hall–Kier alpha value is -3.16. The summed E-state index contributed by atoms with van der Waals surface area (Å²) in [6.07, 6.45) is 3.06. The zero-order valence-electron chi connectivity index (χ0n) is 12.3. The first-order valence-electron chi connectivity index (χ1n) is 7.18. The van der Waals surface area contributed by atoms with Gasteiger partial charge < -0.3 is 20.4 Å². The maximum atomic E-state index is 11.4. The van der Waals surface area contributed by atoms with Gasteiger partial charge in [-0.25, -0.2) is 15.0 Å². The average molecular weight is 310 g/mol. The zero-order chi connectivity index (χ0) is 15.8. The van der Waals surface area contributed by atoms with E-state index in [-0.39, 0.29) is 18.6 Å². The third kappa shape index (κ3) is 2.44. The number of nitrogens with zero attached hydrogens (tertiary/aromatic N) is 3. The van der Waals surface area contributed by atoms with Crippen molar-refractivity contribution in [3.63, 3.8) is 0 Å². The largest absolute Gasteiger partial charge is 0.482 e. The van der Waals surface area contributed by atoms with Crippen molar-refractivity contribution in [1.29, 1.82) is 0 Å². The smallest absolute Gasteiger partial charge is 0.262 e. The van der Waals surface area contributed by atoms with Gasteiger partial charge in [0.1, 0.15) is 17.6 Å². The van der Waals surface area contributed by atoms with Gasteiger partial charge in [0.05, 0.1) is 18.1 Å². The number of carbonyl (C=O) groups excluding carboxylic acids is 1. The molecule has 3 heterocycles. The summed E-state index contributed by atoms with van der Waals surface area (Å²) in [6, 6.07) is 5.68. The van der Waals surface area contributed by atoms with Crippen LogP contribution in [-0.2, 0) is 4.79 Å². The van der Waals surface area contributed by atoms with Crippen molar-refractivity contribution < 1.29 is 9.53 Å². The number of ether oxygens (including phenoxy) is 1. The number of imidazole rings is 1. The minimum atomic E-state index is -0.148. The van der Waals surface area contributed by atoms with E-state index in [2.05, 4.69) is 30.6 Å². The Morgan fingerprint density at radius 1 is 1.30 bits per heavy atom. The maximum absolute atomic E-state index is 11.4. The van der Waals surface area contributed by atoms with Crippen molar-refractivity contribution in [2.45, 2.75) is 13.0 Å². The Morgan fingerprint density at radius 3 is 3.13 bits per heavy atom. The summed E-state index contributed by atoms with van der Waals surface area (Å²) in [5.41, 5.74) is 3.05. The second-order valence-corrected chi connectivity index (χ2v) is 5.28. The van der Waals surface area contributed by atoms with Crippen molar-refractivity contribution in [2.75, 3.05) is 17.2 Å². The first-order valence-corrected chi connectivity index (χ1v) is 7.18. The lowest BCUT2D eigenvalue weighted by Gasteiger charge is -2.21. The molecule has 8 nitrogen and oxygen atoms in total. The summed E-state index contributed by atoms with van der Waals surface area (Å²) in [5.74, 6) is 1.21. The molecule has 3 N–H and O–H groups in total. The molecule has 116 valence electrons. The number of H-pyrrole nitrogens is 1. The normalized spacial score (nSPS) is 14.7. The third-order valence-electron chi connectivity index (χ3n) is 3.71. The number of aromatic nitrogens is 4. The molecule has 0 saturated heterocycles. The number of nitrogens with one attached hydrogen (secondary N) is 3. The van der Waals surface area contributed by atoms with E-state index >= 15 is 0 Å². The fourth-order valence-corrected chi connectivity index (χ4v) is 2.53. The van der Waals surface area contributed by atoms with Crippen molar-refractivity contribution in [3.05, 3.63) is 36.4 Å². The summed E-state index contributed by atoms with van der Waals surface area (Å²) < 4.78 is 5.37. The molecule has 1 amide bonds. The van der Waals surface area contributed by atoms with Crippen LogP contribution in [0.1, 0.15) is 18.5 Å². The van der Waals surface area contributed by atoms with Gasteiger partial charge in [0.15, 0.2) is 18.1 Å². The molecule has 0 unspecified atom stereocenters. The summed E-state index contributed by atoms with van der Waals surface area (Å²) >= 11 is 0. The van der Waals surface area contributed by atoms with Gasteiger partial charge in [0.25, 0.3) is 5.91 Å². The fourth-order valence-electron chi connectivity index (χ4n) is 2.53. The van der Waals surface area contributed by atoms with Gasteiger partial charge in [-0.05, 0) is 24.6 Å². The van der Waals surface area contributed by atoms with Crippen LogP contribution in [0.25, 0.3) is 11.2 Å². The lowest BCUT2D eigenvalue weighted by molar-refractivity contribution is -0.118. The average Bonchev–Trinajstić information content (AvgIpc) is 3.03. The number of hydrogen-bond donors (Lipinski definition) is 3. The van der Waals surface area contributed by atoms with E-state index in [1.165, 1.54) is 6.33 Å². The molecule has 2 aromatic heterocycles. The van der Waals surface area contributed by atoms with Gasteiger partial charge in [0, 0.05) is 0 Å². The van der Waals surface area contributed by atoms with Crippen LogP contribution in [0.4, 0.5) is 11.5 Å². The van der Waals surface area contributed by atoms with E-state index < -0.39 is 0 Å². The first-order chi connectivity index (χ1) is 11.2. The van der Waals surface area contributed by atoms with Crippen LogP contribution >= 0.6 is 0 Å². The predicted octanol–water partition coefficient (Wildman–Crippen LogP) is 1.86. The highest BCUT2D eigenvalue weighted by Crippen LogP contribution is 2.31. The SMILES string of the molecule is C[C@@H](Nc1ncnc2nc[nH]c12)c1ccc2c(c1)NC(=O)CO2. The van der Waals surface area contributed by atoms with Crippen LogP contribution in [0.5, 0.6) is 5.75 Å². The third-order valence-corrected chi connectivity index (χ3v) is 3.71. The monoisotopic (exact) mass is 310 g/mol. The Labute approximate surface area is 131 Å². The van der Waals surface area contributed by atoms with Gasteiger partial charge in [-0.15, -0.1) is 0 Å². The Morgan fingerprint density at radius 2 is 2.22 bits per heavy atom. The molecule has 1 aliphatic heterocycles. The second-order valence-electron chi connectivity index (χ2n) is 5.28. The van der Waals surface area contributed by atoms with Crippen LogP contribution in [0.3, 0.4) is 0 Å². The molecule has 23 heavy (non-hydrogen) atoms. The number of anilines is 2. The lowest BCUT2D eigenvalue weighted by atomic mass is 10.1. The number of aromatic amines is 1. The molecule has 0 saturated carbocycles. The molecule has 8 heteroatoms. The van der Waals surface area contributed by atoms with Gasteiger partial charge in [-0.1, -0.05) is 6.07 Å². The van der Waals surface area contributed by atoms with Crippen LogP contribution in [0.2, 0.25) is 0 Å². The highest BCUT2D eigenvalue weighted by Gasteiger charge is 2.18. The maximum Gasteiger partial charge on any atom is 0.262 e. The molecule has 1 aromatic carbocycles. The molecule has 1 atom stereocenters. The first kappa shape index (κ1) is 13.5. The van der Waals surface area contributed by atoms with E-state index in [0.717, 1.165) is 11.1 Å². The molecular weight excluding hydrogens is 296 g/mol. The van der Waals surface area contributed by atoms with E-state index in [0.29, 0.717) is 22.9 Å². The summed E-state index contributed by atoms with van der Waals surface area (Å²) in [5, 5.41) is 6.14. The summed E-state index contributed by atoms with van der Waals surface area (Å²) in [6.45, 7) is 2.07. The van der Waals surface area contributed by atoms with E-state index in [1.54, 1.807) is 6.33 Å². The number of rotatable bonds is 3. The zero-order valence-corrected chi connectivity index (χ0v) is 12.3. The quantitative estimate of drug-likeness (QED) is 0.682. The van der Waals surface area contributed by atoms with Crippen molar-refractivity contribution in [1.82, 2.24) is 19.9 Å². The van der Waals surface area contributed by atoms with Crippen LogP contribution in [0.15, 0.2) is 30.9 Å². The van der Waals surface area contributed by atoms with Crippen molar-refractivity contribution in [2.24, 2.45) is 0 Å². The standard InChI is InChI=1S/C15H14N6O2/c1-8(20-15-13-14(17-6-16-13)18-7-19-15)9-2-3-11-10(4-9)21-12(22)5-23-11/h2-4,6-8H,5H2,1H3,(H,21,22)(H2,16,17,18,19,20)/t8-/m1/s1. The summed E-state index contributed by atoms with van der Waals surface area (Å²) in [4.78, 5) is 26.9. The minimum absolute atomic E-state index is 0.0273. The molecule has 0 aliphatic carbocycles. The van der Waals surface area contributed by atoms with Gasteiger partial charge in [-0.2, -0.15) is 0 Å². The van der Waals surface area contributed by atoms with Crippen LogP contribution in [-0.4, -0.2) is 32.4 Å².